The number of rotatable bonds is 28. The summed E-state index contributed by atoms with van der Waals surface area (Å²) < 4.78 is 34.4. The molecule has 2 heterocycles. The summed E-state index contributed by atoms with van der Waals surface area (Å²) in [5, 5.41) is 15.0. The van der Waals surface area contributed by atoms with Crippen LogP contribution in [0.3, 0.4) is 0 Å². The first-order chi connectivity index (χ1) is 32.5. The number of nitrogens with one attached hydrogen (secondary N) is 1. The zero-order chi connectivity index (χ0) is 47.0. The summed E-state index contributed by atoms with van der Waals surface area (Å²) in [5.41, 5.74) is 12.3. The molecule has 67 heavy (non-hydrogen) atoms. The summed E-state index contributed by atoms with van der Waals surface area (Å²) in [5.74, 6) is 0.703. The molecular weight excluding hydrogens is 866 g/mol. The highest BCUT2D eigenvalue weighted by molar-refractivity contribution is 7.44. The number of phosphoric ester groups is 1. The highest BCUT2D eigenvalue weighted by Gasteiger charge is 2.54. The zero-order valence-electron chi connectivity index (χ0n) is 38.6. The molecule has 1 saturated heterocycles. The van der Waals surface area contributed by atoms with Gasteiger partial charge in [0.05, 0.1) is 32.3 Å². The molecule has 0 aromatic heterocycles. The molecule has 13 heteroatoms. The molecule has 0 spiro atoms. The van der Waals surface area contributed by atoms with Crippen molar-refractivity contribution in [1.29, 1.82) is 0 Å². The molecule has 12 nitrogen and oxygen atoms in total. The van der Waals surface area contributed by atoms with E-state index in [9.17, 15) is 24.3 Å². The number of phosphoric acid groups is 1. The minimum absolute atomic E-state index is 0.183. The number of carbonyl (C=O) groups is 1. The van der Waals surface area contributed by atoms with Gasteiger partial charge < -0.3 is 44.6 Å². The van der Waals surface area contributed by atoms with Gasteiger partial charge in [-0.3, -0.25) is 13.9 Å². The molecule has 2 aliphatic rings. The summed E-state index contributed by atoms with van der Waals surface area (Å²) in [4.78, 5) is 35.1. The second kappa shape index (κ2) is 24.4. The Morgan fingerprint density at radius 3 is 2.24 bits per heavy atom. The van der Waals surface area contributed by atoms with Crippen LogP contribution in [-0.2, 0) is 49.8 Å². The maximum atomic E-state index is 14.2. The molecule has 0 radical (unpaired) electrons. The van der Waals surface area contributed by atoms with Crippen LogP contribution in [0, 0.1) is 5.92 Å². The van der Waals surface area contributed by atoms with Crippen molar-refractivity contribution in [3.05, 3.63) is 166 Å². The monoisotopic (exact) mass is 933 g/mol. The predicted octanol–water partition coefficient (Wildman–Crippen LogP) is 7.71. The Kier molecular flexibility index (Phi) is 18.2. The first-order valence-electron chi connectivity index (χ1n) is 24.0. The summed E-state index contributed by atoms with van der Waals surface area (Å²) in [6, 6.07) is 42.0. The van der Waals surface area contributed by atoms with Gasteiger partial charge in [-0.25, -0.2) is 0 Å². The quantitative estimate of drug-likeness (QED) is 0.0169. The number of amides is 1. The standard InChI is InChI=1S/C54H68N3O9P/c55-53(59)54(47-19-8-4-9-20-47,48-21-10-5-11-22-48)49-28-32-57(40-49,31-27-43-23-25-51-45(36-43)29-35-64-51)39-46-37-44(24-26-52(46)65-41-66-67(60,61)62)50(58)38-56-30-13-1-2-14-33-63-34-15-12-18-42-16-6-3-7-17-42/h3-11,16-17,19-26,36-37,49-50,56,58H,1-2,12-15,18,27-35,38-41H2,(H3-,55,59,60,61,62). The third-order valence-corrected chi connectivity index (χ3v) is 14.1. The lowest BCUT2D eigenvalue weighted by Crippen LogP contribution is -2.52. The highest BCUT2D eigenvalue weighted by Crippen LogP contribution is 2.47. The van der Waals surface area contributed by atoms with Gasteiger partial charge >= 0.3 is 0 Å². The average molecular weight is 934 g/mol. The van der Waals surface area contributed by atoms with Gasteiger partial charge in [-0.05, 0) is 90.2 Å². The minimum Gasteiger partial charge on any atom is -0.756 e. The van der Waals surface area contributed by atoms with Crippen molar-refractivity contribution in [3.63, 3.8) is 0 Å². The van der Waals surface area contributed by atoms with Crippen LogP contribution in [0.2, 0.25) is 0 Å². The number of likely N-dealkylation sites (tertiary alicyclic amines) is 1. The van der Waals surface area contributed by atoms with Gasteiger partial charge in [0.15, 0.2) is 6.79 Å². The number of primary amides is 1. The Morgan fingerprint density at radius 1 is 0.851 bits per heavy atom. The molecule has 5 aromatic rings. The molecule has 0 saturated carbocycles. The summed E-state index contributed by atoms with van der Waals surface area (Å²) in [7, 11) is -5.06. The lowest BCUT2D eigenvalue weighted by atomic mass is 9.64. The number of aliphatic hydroxyl groups is 1. The Hall–Kier alpha value is -4.88. The van der Waals surface area contributed by atoms with E-state index in [-0.39, 0.29) is 5.92 Å². The smallest absolute Gasteiger partial charge is 0.268 e. The van der Waals surface area contributed by atoms with Gasteiger partial charge in [0.1, 0.15) is 23.5 Å². The number of fused-ring (bicyclic) bond motifs is 1. The number of aliphatic hydroxyl groups excluding tert-OH is 1. The topological polar surface area (TPSA) is 173 Å². The van der Waals surface area contributed by atoms with E-state index in [1.54, 1.807) is 12.1 Å². The fraction of sp³-hybridized carbons (Fsp3) is 0.426. The minimum atomic E-state index is -5.06. The first kappa shape index (κ1) is 50.0. The molecule has 5 aromatic carbocycles. The number of hydrogen-bond donors (Lipinski definition) is 4. The number of hydrogen-bond acceptors (Lipinski definition) is 9. The zero-order valence-corrected chi connectivity index (χ0v) is 39.5. The normalized spacial score (nSPS) is 18.2. The van der Waals surface area contributed by atoms with Crippen molar-refractivity contribution >= 4 is 13.7 Å². The molecule has 5 N–H and O–H groups in total. The number of ether oxygens (including phenoxy) is 3. The SMILES string of the molecule is NC(=O)C(c1ccccc1)(c1ccccc1)C1CC[N+](CCc2ccc3c(c2)CCO3)(Cc2cc(C(O)CNCCCCCCOCCCCc3ccccc3)ccc2OCOP(=O)([O-])O)C1. The number of carbonyl (C=O) groups excluding carboxylic acids is 1. The molecule has 4 atom stereocenters. The Morgan fingerprint density at radius 2 is 1.54 bits per heavy atom. The molecule has 2 aliphatic heterocycles. The molecule has 1 fully saturated rings. The van der Waals surface area contributed by atoms with Crippen LogP contribution in [0.5, 0.6) is 11.5 Å². The van der Waals surface area contributed by atoms with Crippen molar-refractivity contribution in [2.45, 2.75) is 82.3 Å². The van der Waals surface area contributed by atoms with E-state index < -0.39 is 32.0 Å². The van der Waals surface area contributed by atoms with E-state index in [1.807, 2.05) is 78.9 Å². The summed E-state index contributed by atoms with van der Waals surface area (Å²) in [6.45, 7) is 5.10. The summed E-state index contributed by atoms with van der Waals surface area (Å²) >= 11 is 0. The van der Waals surface area contributed by atoms with Gasteiger partial charge in [-0.2, -0.15) is 0 Å². The second-order valence-corrected chi connectivity index (χ2v) is 19.4. The van der Waals surface area contributed by atoms with Crippen LogP contribution >= 0.6 is 7.82 Å². The number of nitrogens with two attached hydrogens (primary N) is 1. The molecular formula is C54H68N3O9P. The molecule has 0 bridgehead atoms. The first-order valence-corrected chi connectivity index (χ1v) is 25.5. The summed E-state index contributed by atoms with van der Waals surface area (Å²) in [6.07, 6.45) is 8.91. The predicted molar refractivity (Wildman–Crippen MR) is 258 cm³/mol. The van der Waals surface area contributed by atoms with E-state index >= 15 is 0 Å². The number of benzene rings is 5. The maximum Gasteiger partial charge on any atom is 0.268 e. The molecule has 7 rings (SSSR count). The second-order valence-electron chi connectivity index (χ2n) is 18.2. The Labute approximate surface area is 396 Å². The highest BCUT2D eigenvalue weighted by atomic mass is 31.2. The maximum absolute atomic E-state index is 14.2. The number of unbranched alkanes of at least 4 members (excludes halogenated alkanes) is 4. The lowest BCUT2D eigenvalue weighted by molar-refractivity contribution is -0.931. The average Bonchev–Trinajstić information content (AvgIpc) is 3.98. The van der Waals surface area contributed by atoms with E-state index in [2.05, 4.69) is 46.2 Å². The van der Waals surface area contributed by atoms with Gasteiger partial charge in [0.25, 0.3) is 7.82 Å². The van der Waals surface area contributed by atoms with E-state index in [1.165, 1.54) is 16.7 Å². The van der Waals surface area contributed by atoms with Crippen molar-refractivity contribution < 1.29 is 47.5 Å². The molecule has 1 amide bonds. The van der Waals surface area contributed by atoms with Crippen LogP contribution in [0.4, 0.5) is 0 Å². The Balaban J connectivity index is 1.04. The molecule has 358 valence electrons. The van der Waals surface area contributed by atoms with Crippen molar-refractivity contribution in [2.24, 2.45) is 11.7 Å². The van der Waals surface area contributed by atoms with E-state index in [4.69, 9.17) is 19.9 Å². The van der Waals surface area contributed by atoms with Gasteiger partial charge in [-0.1, -0.05) is 122 Å². The van der Waals surface area contributed by atoms with Crippen LogP contribution in [0.1, 0.15) is 90.0 Å². The number of aryl methyl sites for hydroxylation is 1. The van der Waals surface area contributed by atoms with Crippen LogP contribution < -0.4 is 25.4 Å². The van der Waals surface area contributed by atoms with Crippen molar-refractivity contribution in [1.82, 2.24) is 5.32 Å². The number of quaternary nitrogens is 1. The fourth-order valence-corrected chi connectivity index (χ4v) is 10.4. The van der Waals surface area contributed by atoms with Crippen LogP contribution in [-0.4, -0.2) is 79.7 Å². The molecule has 0 aliphatic carbocycles. The fourth-order valence-electron chi connectivity index (χ4n) is 10.2. The van der Waals surface area contributed by atoms with Gasteiger partial charge in [0, 0.05) is 50.5 Å². The van der Waals surface area contributed by atoms with Crippen LogP contribution in [0.25, 0.3) is 0 Å². The van der Waals surface area contributed by atoms with Crippen LogP contribution in [0.15, 0.2) is 127 Å². The lowest BCUT2D eigenvalue weighted by Gasteiger charge is -2.40. The number of nitrogens with zero attached hydrogens (tertiary/aromatic N) is 1. The van der Waals surface area contributed by atoms with Gasteiger partial charge in [0.2, 0.25) is 5.91 Å². The van der Waals surface area contributed by atoms with Gasteiger partial charge in [-0.15, -0.1) is 0 Å². The third kappa shape index (κ3) is 13.9. The Bertz CT molecular complexity index is 2310. The largest absolute Gasteiger partial charge is 0.756 e. The van der Waals surface area contributed by atoms with E-state index in [0.717, 1.165) is 100.0 Å². The van der Waals surface area contributed by atoms with Crippen molar-refractivity contribution in [3.8, 4) is 11.5 Å². The third-order valence-electron chi connectivity index (χ3n) is 13.6. The van der Waals surface area contributed by atoms with Crippen molar-refractivity contribution in [2.75, 3.05) is 59.3 Å². The molecule has 4 unspecified atom stereocenters. The van der Waals surface area contributed by atoms with E-state index in [0.29, 0.717) is 61.5 Å².